The van der Waals surface area contributed by atoms with Gasteiger partial charge in [-0.3, -0.25) is 0 Å². The summed E-state index contributed by atoms with van der Waals surface area (Å²) in [6.45, 7) is 0.551. The Balaban J connectivity index is 1.84. The highest BCUT2D eigenvalue weighted by Crippen LogP contribution is 2.17. The maximum Gasteiger partial charge on any atom is 0.119 e. The first-order chi connectivity index (χ1) is 9.33. The van der Waals surface area contributed by atoms with Gasteiger partial charge >= 0.3 is 0 Å². The zero-order valence-electron chi connectivity index (χ0n) is 10.3. The van der Waals surface area contributed by atoms with Gasteiger partial charge in [-0.1, -0.05) is 42.5 Å². The molecule has 2 aromatic carbocycles. The normalized spacial score (nSPS) is 10.5. The van der Waals surface area contributed by atoms with Gasteiger partial charge in [0.25, 0.3) is 0 Å². The lowest BCUT2D eigenvalue weighted by molar-refractivity contribution is 0.306. The van der Waals surface area contributed by atoms with Gasteiger partial charge in [0.2, 0.25) is 0 Å². The summed E-state index contributed by atoms with van der Waals surface area (Å²) < 4.78 is 6.60. The summed E-state index contributed by atoms with van der Waals surface area (Å²) in [5, 5.41) is 1.07. The third-order valence-electron chi connectivity index (χ3n) is 2.97. The zero-order valence-corrected chi connectivity index (χ0v) is 11.1. The van der Waals surface area contributed by atoms with Crippen LogP contribution in [0.5, 0.6) is 5.75 Å². The van der Waals surface area contributed by atoms with Crippen molar-refractivity contribution < 1.29 is 4.74 Å². The van der Waals surface area contributed by atoms with E-state index in [1.165, 1.54) is 0 Å². The van der Waals surface area contributed by atoms with Gasteiger partial charge in [-0.25, -0.2) is 0 Å². The molecule has 3 rings (SSSR count). The average Bonchev–Trinajstić information content (AvgIpc) is 2.46. The summed E-state index contributed by atoms with van der Waals surface area (Å²) in [7, 11) is 0. The van der Waals surface area contributed by atoms with Crippen molar-refractivity contribution in [2.45, 2.75) is 6.61 Å². The fourth-order valence-electron chi connectivity index (χ4n) is 2.00. The van der Waals surface area contributed by atoms with Crippen LogP contribution in [0.2, 0.25) is 0 Å². The Bertz CT molecular complexity index is 749. The standard InChI is InChI=1S/C16H13NOS/c19-16-8-9-17-15-10-12(6-7-14(15)16)11-18-13-4-2-1-3-5-13/h1-10H,11H2,(H,17,19). The summed E-state index contributed by atoms with van der Waals surface area (Å²) in [5.41, 5.74) is 2.16. The number of ether oxygens (including phenoxy) is 1. The number of hydrogen-bond acceptors (Lipinski definition) is 2. The van der Waals surface area contributed by atoms with E-state index in [9.17, 15) is 0 Å². The van der Waals surface area contributed by atoms with Crippen LogP contribution < -0.4 is 4.74 Å². The highest BCUT2D eigenvalue weighted by atomic mass is 32.1. The molecule has 0 aliphatic rings. The predicted octanol–water partition coefficient (Wildman–Crippen LogP) is 4.48. The second-order valence-corrected chi connectivity index (χ2v) is 4.76. The van der Waals surface area contributed by atoms with Gasteiger partial charge in [-0.15, -0.1) is 0 Å². The Morgan fingerprint density at radius 3 is 2.68 bits per heavy atom. The minimum Gasteiger partial charge on any atom is -0.489 e. The first-order valence-corrected chi connectivity index (χ1v) is 6.52. The van der Waals surface area contributed by atoms with Crippen molar-refractivity contribution in [3.8, 4) is 5.75 Å². The third kappa shape index (κ3) is 2.66. The Morgan fingerprint density at radius 2 is 1.84 bits per heavy atom. The van der Waals surface area contributed by atoms with Crippen molar-refractivity contribution >= 4 is 23.1 Å². The van der Waals surface area contributed by atoms with Crippen molar-refractivity contribution in [1.82, 2.24) is 4.98 Å². The van der Waals surface area contributed by atoms with Crippen molar-refractivity contribution in [3.05, 3.63) is 70.9 Å². The third-order valence-corrected chi connectivity index (χ3v) is 3.33. The van der Waals surface area contributed by atoms with E-state index in [0.29, 0.717) is 6.61 Å². The van der Waals surface area contributed by atoms with Crippen LogP contribution in [0.3, 0.4) is 0 Å². The topological polar surface area (TPSA) is 25.0 Å². The van der Waals surface area contributed by atoms with Crippen molar-refractivity contribution in [1.29, 1.82) is 0 Å². The summed E-state index contributed by atoms with van der Waals surface area (Å²) >= 11 is 5.29. The molecular weight excluding hydrogens is 254 g/mol. The van der Waals surface area contributed by atoms with Gasteiger partial charge in [0.05, 0.1) is 0 Å². The van der Waals surface area contributed by atoms with Crippen molar-refractivity contribution in [2.75, 3.05) is 0 Å². The lowest BCUT2D eigenvalue weighted by Gasteiger charge is -2.07. The van der Waals surface area contributed by atoms with E-state index in [4.69, 9.17) is 17.0 Å². The van der Waals surface area contributed by atoms with E-state index in [1.807, 2.05) is 48.7 Å². The number of rotatable bonds is 3. The van der Waals surface area contributed by atoms with Gasteiger partial charge in [-0.05, 0) is 29.8 Å². The fourth-order valence-corrected chi connectivity index (χ4v) is 2.24. The number of aromatic nitrogens is 1. The van der Waals surface area contributed by atoms with E-state index in [0.717, 1.165) is 26.7 Å². The molecule has 0 spiro atoms. The van der Waals surface area contributed by atoms with Gasteiger partial charge in [0.1, 0.15) is 12.4 Å². The van der Waals surface area contributed by atoms with E-state index in [1.54, 1.807) is 0 Å². The zero-order chi connectivity index (χ0) is 13.1. The van der Waals surface area contributed by atoms with Crippen LogP contribution in [-0.4, -0.2) is 4.98 Å². The number of hydrogen-bond donors (Lipinski definition) is 1. The molecule has 3 heteroatoms. The molecule has 0 bridgehead atoms. The monoisotopic (exact) mass is 267 g/mol. The van der Waals surface area contributed by atoms with Gasteiger partial charge in [0, 0.05) is 21.6 Å². The Morgan fingerprint density at radius 1 is 1.00 bits per heavy atom. The maximum atomic E-state index is 5.73. The first-order valence-electron chi connectivity index (χ1n) is 6.11. The molecule has 0 atom stereocenters. The summed E-state index contributed by atoms with van der Waals surface area (Å²) in [6.07, 6.45) is 1.87. The molecule has 94 valence electrons. The summed E-state index contributed by atoms with van der Waals surface area (Å²) in [4.78, 5) is 3.21. The number of benzene rings is 2. The molecule has 0 radical (unpaired) electrons. The van der Waals surface area contributed by atoms with Gasteiger partial charge in [0.15, 0.2) is 0 Å². The molecular formula is C16H13NOS. The van der Waals surface area contributed by atoms with E-state index < -0.39 is 0 Å². The lowest BCUT2D eigenvalue weighted by atomic mass is 10.1. The number of nitrogens with one attached hydrogen (secondary N) is 1. The second kappa shape index (κ2) is 5.24. The highest BCUT2D eigenvalue weighted by molar-refractivity contribution is 7.71. The highest BCUT2D eigenvalue weighted by Gasteiger charge is 1.99. The molecule has 0 amide bonds. The molecule has 19 heavy (non-hydrogen) atoms. The van der Waals surface area contributed by atoms with Crippen LogP contribution in [0.4, 0.5) is 0 Å². The van der Waals surface area contributed by atoms with Gasteiger partial charge in [-0.2, -0.15) is 0 Å². The van der Waals surface area contributed by atoms with Crippen LogP contribution in [-0.2, 0) is 6.61 Å². The lowest BCUT2D eigenvalue weighted by Crippen LogP contribution is -1.95. The number of fused-ring (bicyclic) bond motifs is 1. The largest absolute Gasteiger partial charge is 0.489 e. The van der Waals surface area contributed by atoms with Crippen molar-refractivity contribution in [2.24, 2.45) is 0 Å². The average molecular weight is 267 g/mol. The molecule has 0 saturated carbocycles. The van der Waals surface area contributed by atoms with E-state index in [-0.39, 0.29) is 0 Å². The van der Waals surface area contributed by atoms with Crippen LogP contribution in [0.1, 0.15) is 5.56 Å². The molecule has 0 unspecified atom stereocenters. The Hall–Kier alpha value is -2.13. The molecule has 1 aromatic heterocycles. The van der Waals surface area contributed by atoms with E-state index >= 15 is 0 Å². The fraction of sp³-hybridized carbons (Fsp3) is 0.0625. The molecule has 1 N–H and O–H groups in total. The minimum absolute atomic E-state index is 0.551. The SMILES string of the molecule is S=c1cc[nH]c2cc(COc3ccccc3)ccc12. The van der Waals surface area contributed by atoms with Crippen LogP contribution in [0.25, 0.3) is 10.9 Å². The molecule has 0 fully saturated rings. The smallest absolute Gasteiger partial charge is 0.119 e. The molecule has 2 nitrogen and oxygen atoms in total. The first kappa shape index (κ1) is 11.9. The molecule has 0 aliphatic heterocycles. The molecule has 1 heterocycles. The van der Waals surface area contributed by atoms with Crippen LogP contribution in [0.15, 0.2) is 60.8 Å². The number of aromatic amines is 1. The Kier molecular flexibility index (Phi) is 3.29. The van der Waals surface area contributed by atoms with Crippen LogP contribution in [0, 0.1) is 4.51 Å². The number of para-hydroxylation sites is 1. The summed E-state index contributed by atoms with van der Waals surface area (Å²) in [6, 6.07) is 17.9. The predicted molar refractivity (Wildman–Crippen MR) is 79.9 cm³/mol. The minimum atomic E-state index is 0.551. The van der Waals surface area contributed by atoms with Crippen molar-refractivity contribution in [3.63, 3.8) is 0 Å². The molecule has 0 aliphatic carbocycles. The quantitative estimate of drug-likeness (QED) is 0.708. The molecule has 3 aromatic rings. The van der Waals surface area contributed by atoms with Gasteiger partial charge < -0.3 is 9.72 Å². The maximum absolute atomic E-state index is 5.73. The number of H-pyrrole nitrogens is 1. The Labute approximate surface area is 116 Å². The van der Waals surface area contributed by atoms with E-state index in [2.05, 4.69) is 17.1 Å². The van der Waals surface area contributed by atoms with Crippen LogP contribution >= 0.6 is 12.2 Å². The number of pyridine rings is 1. The summed E-state index contributed by atoms with van der Waals surface area (Å²) in [5.74, 6) is 0.878. The molecule has 0 saturated heterocycles. The second-order valence-electron chi connectivity index (χ2n) is 4.32.